The smallest absolute Gasteiger partial charge is 0.160 e. The monoisotopic (exact) mass is 407 g/mol. The minimum atomic E-state index is -0.0471. The van der Waals surface area contributed by atoms with Crippen LogP contribution in [-0.2, 0) is 23.9 Å². The summed E-state index contributed by atoms with van der Waals surface area (Å²) in [5.74, 6) is 0.777. The van der Waals surface area contributed by atoms with Gasteiger partial charge in [0.1, 0.15) is 0 Å². The van der Waals surface area contributed by atoms with E-state index in [1.54, 1.807) is 7.11 Å². The molecule has 3 aromatic rings. The van der Waals surface area contributed by atoms with Crippen molar-refractivity contribution in [1.29, 1.82) is 0 Å². The first-order valence-corrected chi connectivity index (χ1v) is 10.7. The van der Waals surface area contributed by atoms with Crippen molar-refractivity contribution in [1.82, 2.24) is 15.6 Å². The molecule has 0 spiro atoms. The molecule has 0 fully saturated rings. The predicted octanol–water partition coefficient (Wildman–Crippen LogP) is 4.33. The average Bonchev–Trinajstić information content (AvgIpc) is 3.08. The minimum Gasteiger partial charge on any atom is -0.504 e. The first-order valence-electron chi connectivity index (χ1n) is 10.7. The molecule has 5 nitrogen and oxygen atoms in total. The summed E-state index contributed by atoms with van der Waals surface area (Å²) in [5.41, 5.74) is 6.56. The van der Waals surface area contributed by atoms with E-state index in [0.717, 1.165) is 25.9 Å². The molecule has 4 N–H and O–H groups in total. The zero-order chi connectivity index (χ0) is 21.5. The van der Waals surface area contributed by atoms with Crippen LogP contribution in [0.4, 0.5) is 0 Å². The summed E-state index contributed by atoms with van der Waals surface area (Å²) >= 11 is 0. The fourth-order valence-electron chi connectivity index (χ4n) is 4.75. The highest BCUT2D eigenvalue weighted by atomic mass is 16.5. The van der Waals surface area contributed by atoms with Crippen molar-refractivity contribution in [2.75, 3.05) is 20.2 Å². The molecule has 3 heterocycles. The average molecular weight is 408 g/mol. The lowest BCUT2D eigenvalue weighted by Crippen LogP contribution is -2.42. The number of H-pyrrole nitrogens is 1. The van der Waals surface area contributed by atoms with Gasteiger partial charge in [-0.15, -0.1) is 0 Å². The van der Waals surface area contributed by atoms with Crippen LogP contribution in [0.25, 0.3) is 10.9 Å². The van der Waals surface area contributed by atoms with Crippen molar-refractivity contribution in [3.63, 3.8) is 0 Å². The zero-order valence-corrected chi connectivity index (χ0v) is 18.6. The van der Waals surface area contributed by atoms with Crippen LogP contribution < -0.4 is 15.4 Å². The Morgan fingerprint density at radius 2 is 1.63 bits per heavy atom. The largest absolute Gasteiger partial charge is 0.504 e. The van der Waals surface area contributed by atoms with Crippen molar-refractivity contribution < 1.29 is 9.84 Å². The second-order valence-electron chi connectivity index (χ2n) is 9.31. The summed E-state index contributed by atoms with van der Waals surface area (Å²) in [6, 6.07) is 12.3. The molecule has 0 saturated carbocycles. The van der Waals surface area contributed by atoms with Crippen molar-refractivity contribution in [2.24, 2.45) is 0 Å². The highest BCUT2D eigenvalue weighted by Gasteiger charge is 2.30. The van der Waals surface area contributed by atoms with Gasteiger partial charge in [-0.3, -0.25) is 0 Å². The molecule has 0 unspecified atom stereocenters. The van der Waals surface area contributed by atoms with E-state index in [-0.39, 0.29) is 16.8 Å². The van der Waals surface area contributed by atoms with Crippen LogP contribution in [-0.4, -0.2) is 30.3 Å². The molecule has 30 heavy (non-hydrogen) atoms. The third-order valence-electron chi connectivity index (χ3n) is 6.42. The Labute approximate surface area is 178 Å². The second-order valence-corrected chi connectivity index (χ2v) is 9.31. The number of aromatic hydroxyl groups is 1. The number of aromatic amines is 1. The van der Waals surface area contributed by atoms with Gasteiger partial charge in [0, 0.05) is 28.7 Å². The number of hydrogen-bond donors (Lipinski definition) is 4. The van der Waals surface area contributed by atoms with Gasteiger partial charge in [-0.2, -0.15) is 0 Å². The van der Waals surface area contributed by atoms with Gasteiger partial charge in [0.15, 0.2) is 11.5 Å². The van der Waals surface area contributed by atoms with E-state index >= 15 is 0 Å². The number of fused-ring (bicyclic) bond motifs is 4. The first-order chi connectivity index (χ1) is 14.2. The Morgan fingerprint density at radius 3 is 2.40 bits per heavy atom. The maximum atomic E-state index is 9.69. The minimum absolute atomic E-state index is 0.0471. The molecule has 2 aromatic carbocycles. The van der Waals surface area contributed by atoms with E-state index in [4.69, 9.17) is 4.74 Å². The van der Waals surface area contributed by atoms with Gasteiger partial charge in [0.25, 0.3) is 0 Å². The van der Waals surface area contributed by atoms with Crippen molar-refractivity contribution in [3.8, 4) is 11.5 Å². The zero-order valence-electron chi connectivity index (χ0n) is 18.6. The number of para-hydroxylation sites is 1. The molecule has 2 aliphatic heterocycles. The summed E-state index contributed by atoms with van der Waals surface area (Å²) in [4.78, 5) is 3.54. The first kappa shape index (κ1) is 20.8. The van der Waals surface area contributed by atoms with Gasteiger partial charge in [-0.05, 0) is 82.0 Å². The van der Waals surface area contributed by atoms with Gasteiger partial charge in [-0.1, -0.05) is 18.2 Å². The van der Waals surface area contributed by atoms with Crippen LogP contribution in [0.3, 0.4) is 0 Å². The van der Waals surface area contributed by atoms with Crippen LogP contribution in [0, 0.1) is 0 Å². The van der Waals surface area contributed by atoms with Crippen molar-refractivity contribution in [3.05, 3.63) is 58.8 Å². The Balaban J connectivity index is 0.000000145. The number of benzene rings is 2. The topological polar surface area (TPSA) is 69.3 Å². The SMILES string of the molecule is CC1(C)NCCc2c1[nH]c1ccccc21.COc1cc2c(cc1O)CCNC2(C)C. The van der Waals surface area contributed by atoms with Crippen LogP contribution in [0.5, 0.6) is 11.5 Å². The molecule has 0 atom stereocenters. The van der Waals surface area contributed by atoms with Gasteiger partial charge < -0.3 is 25.5 Å². The van der Waals surface area contributed by atoms with Crippen LogP contribution in [0.15, 0.2) is 36.4 Å². The van der Waals surface area contributed by atoms with Gasteiger partial charge in [-0.25, -0.2) is 0 Å². The maximum Gasteiger partial charge on any atom is 0.160 e. The third kappa shape index (κ3) is 3.68. The Kier molecular flexibility index (Phi) is 5.28. The fraction of sp³-hybridized carbons (Fsp3) is 0.440. The second kappa shape index (κ2) is 7.64. The molecule has 5 rings (SSSR count). The third-order valence-corrected chi connectivity index (χ3v) is 6.42. The molecule has 1 aromatic heterocycles. The maximum absolute atomic E-state index is 9.69. The van der Waals surface area contributed by atoms with Crippen LogP contribution in [0.2, 0.25) is 0 Å². The van der Waals surface area contributed by atoms with Crippen LogP contribution >= 0.6 is 0 Å². The Bertz CT molecular complexity index is 1070. The standard InChI is InChI=1S/C13H16N2.C12H17NO2/c1-13(2)12-10(7-8-14-13)9-5-3-4-6-11(9)15-12;1-12(2)9-7-11(15-3)10(14)6-8(9)4-5-13-12/h3-6,14-15H,7-8H2,1-2H3;6-7,13-14H,4-5H2,1-3H3. The normalized spacial score (nSPS) is 18.7. The number of methoxy groups -OCH3 is 1. The number of phenols is 1. The van der Waals surface area contributed by atoms with Crippen molar-refractivity contribution in [2.45, 2.75) is 51.6 Å². The lowest BCUT2D eigenvalue weighted by molar-refractivity contribution is 0.355. The number of aromatic nitrogens is 1. The van der Waals surface area contributed by atoms with E-state index in [1.165, 1.54) is 33.3 Å². The van der Waals surface area contributed by atoms with Crippen LogP contribution in [0.1, 0.15) is 50.1 Å². The molecule has 0 saturated heterocycles. The fourth-order valence-corrected chi connectivity index (χ4v) is 4.75. The number of ether oxygens (including phenoxy) is 1. The lowest BCUT2D eigenvalue weighted by Gasteiger charge is -2.34. The molecule has 0 radical (unpaired) electrons. The molecule has 5 heteroatoms. The number of phenolic OH excluding ortho intramolecular Hbond substituents is 1. The summed E-state index contributed by atoms with van der Waals surface area (Å²) in [7, 11) is 1.57. The van der Waals surface area contributed by atoms with E-state index in [0.29, 0.717) is 5.75 Å². The van der Waals surface area contributed by atoms with E-state index in [9.17, 15) is 5.11 Å². The molecule has 160 valence electrons. The Morgan fingerprint density at radius 1 is 0.933 bits per heavy atom. The predicted molar refractivity (Wildman–Crippen MR) is 122 cm³/mol. The lowest BCUT2D eigenvalue weighted by atomic mass is 9.85. The Hall–Kier alpha value is -2.50. The van der Waals surface area contributed by atoms with Gasteiger partial charge >= 0.3 is 0 Å². The molecule has 2 aliphatic rings. The molecular weight excluding hydrogens is 374 g/mol. The highest BCUT2D eigenvalue weighted by molar-refractivity contribution is 5.85. The quantitative estimate of drug-likeness (QED) is 0.485. The summed E-state index contributed by atoms with van der Waals surface area (Å²) in [6.07, 6.45) is 2.08. The van der Waals surface area contributed by atoms with E-state index < -0.39 is 0 Å². The molecular formula is C25H33N3O2. The summed E-state index contributed by atoms with van der Waals surface area (Å²) < 4.78 is 5.13. The number of nitrogens with one attached hydrogen (secondary N) is 3. The highest BCUT2D eigenvalue weighted by Crippen LogP contribution is 2.36. The molecule has 0 aliphatic carbocycles. The molecule has 0 bridgehead atoms. The van der Waals surface area contributed by atoms with Crippen molar-refractivity contribution >= 4 is 10.9 Å². The number of rotatable bonds is 1. The van der Waals surface area contributed by atoms with E-state index in [2.05, 4.69) is 67.6 Å². The molecule has 0 amide bonds. The summed E-state index contributed by atoms with van der Waals surface area (Å²) in [5, 5.41) is 18.1. The summed E-state index contributed by atoms with van der Waals surface area (Å²) in [6.45, 7) is 10.8. The van der Waals surface area contributed by atoms with Gasteiger partial charge in [0.2, 0.25) is 0 Å². The number of hydrogen-bond acceptors (Lipinski definition) is 4. The van der Waals surface area contributed by atoms with Gasteiger partial charge in [0.05, 0.1) is 12.6 Å². The van der Waals surface area contributed by atoms with E-state index in [1.807, 2.05) is 12.1 Å².